The fraction of sp³-hybridized carbons (Fsp3) is 0.125. The van der Waals surface area contributed by atoms with Gasteiger partial charge in [0.25, 0.3) is 6.43 Å². The summed E-state index contributed by atoms with van der Waals surface area (Å²) in [7, 11) is 0. The largest absolute Gasteiger partial charge is 0.326 e. The van der Waals surface area contributed by atoms with E-state index in [1.165, 1.54) is 0 Å². The summed E-state index contributed by atoms with van der Waals surface area (Å²) in [5.41, 5.74) is 8.04. The zero-order valence-corrected chi connectivity index (χ0v) is 11.5. The average molecular weight is 289 g/mol. The van der Waals surface area contributed by atoms with Crippen molar-refractivity contribution in [2.75, 3.05) is 0 Å². The van der Waals surface area contributed by atoms with Crippen LogP contribution in [0.2, 0.25) is 0 Å². The standard InChI is InChI=1S/C16H13F2NS/c17-16(18)15-14(11-4-2-1-3-5-11)12-7-6-10(9-19)8-13(12)20-15/h1-8,16H,9,19H2. The van der Waals surface area contributed by atoms with Crippen LogP contribution in [0.3, 0.4) is 0 Å². The monoisotopic (exact) mass is 289 g/mol. The molecule has 0 fully saturated rings. The minimum atomic E-state index is -2.47. The van der Waals surface area contributed by atoms with Crippen molar-refractivity contribution in [3.05, 3.63) is 59.0 Å². The number of fused-ring (bicyclic) bond motifs is 1. The Balaban J connectivity index is 2.30. The fourth-order valence-corrected chi connectivity index (χ4v) is 3.49. The minimum absolute atomic E-state index is 0.125. The zero-order chi connectivity index (χ0) is 14.1. The first-order valence-corrected chi connectivity index (χ1v) is 7.11. The summed E-state index contributed by atoms with van der Waals surface area (Å²) >= 11 is 1.15. The minimum Gasteiger partial charge on any atom is -0.326 e. The van der Waals surface area contributed by atoms with Gasteiger partial charge >= 0.3 is 0 Å². The third-order valence-electron chi connectivity index (χ3n) is 3.28. The first-order valence-electron chi connectivity index (χ1n) is 6.29. The van der Waals surface area contributed by atoms with E-state index in [1.54, 1.807) is 0 Å². The molecule has 1 aromatic heterocycles. The van der Waals surface area contributed by atoms with Gasteiger partial charge in [-0.05, 0) is 17.2 Å². The lowest BCUT2D eigenvalue weighted by molar-refractivity contribution is 0.156. The number of thiophene rings is 1. The number of hydrogen-bond acceptors (Lipinski definition) is 2. The van der Waals surface area contributed by atoms with E-state index in [0.717, 1.165) is 32.5 Å². The Bertz CT molecular complexity index is 735. The molecule has 0 unspecified atom stereocenters. The molecule has 0 spiro atoms. The number of rotatable bonds is 3. The molecule has 102 valence electrons. The molecule has 4 heteroatoms. The number of hydrogen-bond donors (Lipinski definition) is 1. The Hall–Kier alpha value is -1.78. The maximum Gasteiger partial charge on any atom is 0.273 e. The lowest BCUT2D eigenvalue weighted by Gasteiger charge is -2.04. The molecule has 0 amide bonds. The number of alkyl halides is 2. The quantitative estimate of drug-likeness (QED) is 0.724. The van der Waals surface area contributed by atoms with E-state index in [2.05, 4.69) is 0 Å². The van der Waals surface area contributed by atoms with E-state index in [-0.39, 0.29) is 4.88 Å². The molecule has 0 atom stereocenters. The van der Waals surface area contributed by atoms with E-state index in [4.69, 9.17) is 5.73 Å². The van der Waals surface area contributed by atoms with Gasteiger partial charge in [0, 0.05) is 22.2 Å². The first-order chi connectivity index (χ1) is 9.70. The van der Waals surface area contributed by atoms with Crippen LogP contribution in [0, 0.1) is 0 Å². The molecular formula is C16H13F2NS. The average Bonchev–Trinajstić information content (AvgIpc) is 2.86. The second-order valence-corrected chi connectivity index (χ2v) is 5.63. The van der Waals surface area contributed by atoms with Crippen molar-refractivity contribution in [3.63, 3.8) is 0 Å². The lowest BCUT2D eigenvalue weighted by Crippen LogP contribution is -1.94. The third-order valence-corrected chi connectivity index (χ3v) is 4.44. The molecule has 2 aromatic carbocycles. The van der Waals surface area contributed by atoms with Gasteiger partial charge in [-0.1, -0.05) is 42.5 Å². The van der Waals surface area contributed by atoms with Gasteiger partial charge < -0.3 is 5.73 Å². The molecule has 0 bridgehead atoms. The summed E-state index contributed by atoms with van der Waals surface area (Å²) in [6.45, 7) is 0.415. The summed E-state index contributed by atoms with van der Waals surface area (Å²) in [6.07, 6.45) is -2.47. The van der Waals surface area contributed by atoms with Crippen LogP contribution in [0.25, 0.3) is 21.2 Å². The Labute approximate surface area is 119 Å². The van der Waals surface area contributed by atoms with E-state index in [0.29, 0.717) is 12.1 Å². The van der Waals surface area contributed by atoms with Crippen molar-refractivity contribution in [2.24, 2.45) is 5.73 Å². The van der Waals surface area contributed by atoms with Crippen molar-refractivity contribution in [2.45, 2.75) is 13.0 Å². The molecule has 3 rings (SSSR count). The molecule has 3 aromatic rings. The predicted octanol–water partition coefficient (Wildman–Crippen LogP) is 4.96. The van der Waals surface area contributed by atoms with Gasteiger partial charge in [0.15, 0.2) is 0 Å². The van der Waals surface area contributed by atoms with Crippen LogP contribution in [0.1, 0.15) is 16.9 Å². The molecule has 0 aliphatic carbocycles. The summed E-state index contributed by atoms with van der Waals surface area (Å²) in [4.78, 5) is 0.125. The van der Waals surface area contributed by atoms with Crippen LogP contribution in [-0.2, 0) is 6.54 Å². The summed E-state index contributed by atoms with van der Waals surface area (Å²) in [6, 6.07) is 15.0. The Morgan fingerprint density at radius 1 is 1.05 bits per heavy atom. The molecule has 1 nitrogen and oxygen atoms in total. The second-order valence-electron chi connectivity index (χ2n) is 4.54. The van der Waals surface area contributed by atoms with Crippen molar-refractivity contribution in [3.8, 4) is 11.1 Å². The van der Waals surface area contributed by atoms with Gasteiger partial charge in [-0.2, -0.15) is 0 Å². The summed E-state index contributed by atoms with van der Waals surface area (Å²) in [5.74, 6) is 0. The molecule has 1 heterocycles. The maximum absolute atomic E-state index is 13.3. The summed E-state index contributed by atoms with van der Waals surface area (Å²) in [5, 5.41) is 0.869. The van der Waals surface area contributed by atoms with E-state index in [1.807, 2.05) is 48.5 Å². The molecule has 0 saturated heterocycles. The van der Waals surface area contributed by atoms with Crippen LogP contribution < -0.4 is 5.73 Å². The fourth-order valence-electron chi connectivity index (χ4n) is 2.34. The SMILES string of the molecule is NCc1ccc2c(-c3ccccc3)c(C(F)F)sc2c1. The Morgan fingerprint density at radius 2 is 1.80 bits per heavy atom. The highest BCUT2D eigenvalue weighted by Gasteiger charge is 2.20. The maximum atomic E-state index is 13.3. The second kappa shape index (κ2) is 5.31. The number of halogens is 2. The van der Waals surface area contributed by atoms with Gasteiger partial charge in [0.1, 0.15) is 0 Å². The zero-order valence-electron chi connectivity index (χ0n) is 10.6. The Kier molecular flexibility index (Phi) is 3.51. The van der Waals surface area contributed by atoms with Crippen molar-refractivity contribution >= 4 is 21.4 Å². The van der Waals surface area contributed by atoms with Crippen LogP contribution >= 0.6 is 11.3 Å². The van der Waals surface area contributed by atoms with Gasteiger partial charge in [-0.15, -0.1) is 11.3 Å². The van der Waals surface area contributed by atoms with E-state index < -0.39 is 6.43 Å². The van der Waals surface area contributed by atoms with Crippen LogP contribution in [0.15, 0.2) is 48.5 Å². The molecule has 2 N–H and O–H groups in total. The predicted molar refractivity (Wildman–Crippen MR) is 80.1 cm³/mol. The normalized spacial score (nSPS) is 11.4. The van der Waals surface area contributed by atoms with Crippen LogP contribution in [0.4, 0.5) is 8.78 Å². The van der Waals surface area contributed by atoms with Gasteiger partial charge in [0.05, 0.1) is 4.88 Å². The number of benzene rings is 2. The highest BCUT2D eigenvalue weighted by molar-refractivity contribution is 7.19. The topological polar surface area (TPSA) is 26.0 Å². The van der Waals surface area contributed by atoms with Crippen molar-refractivity contribution in [1.82, 2.24) is 0 Å². The van der Waals surface area contributed by atoms with Gasteiger partial charge in [-0.25, -0.2) is 8.78 Å². The smallest absolute Gasteiger partial charge is 0.273 e. The number of nitrogens with two attached hydrogens (primary N) is 1. The molecule has 0 aliphatic rings. The van der Waals surface area contributed by atoms with Gasteiger partial charge in [0.2, 0.25) is 0 Å². The third kappa shape index (κ3) is 2.21. The molecule has 0 radical (unpaired) electrons. The Morgan fingerprint density at radius 3 is 2.45 bits per heavy atom. The van der Waals surface area contributed by atoms with E-state index >= 15 is 0 Å². The molecular weight excluding hydrogens is 276 g/mol. The molecule has 0 aliphatic heterocycles. The van der Waals surface area contributed by atoms with Gasteiger partial charge in [-0.3, -0.25) is 0 Å². The van der Waals surface area contributed by atoms with E-state index in [9.17, 15) is 8.78 Å². The molecule has 0 saturated carbocycles. The van der Waals surface area contributed by atoms with Crippen LogP contribution in [0.5, 0.6) is 0 Å². The molecule has 20 heavy (non-hydrogen) atoms. The first kappa shape index (κ1) is 13.2. The van der Waals surface area contributed by atoms with Crippen LogP contribution in [-0.4, -0.2) is 0 Å². The summed E-state index contributed by atoms with van der Waals surface area (Å²) < 4.78 is 27.5. The van der Waals surface area contributed by atoms with Crippen molar-refractivity contribution < 1.29 is 8.78 Å². The lowest BCUT2D eigenvalue weighted by atomic mass is 10.0. The van der Waals surface area contributed by atoms with Crippen molar-refractivity contribution in [1.29, 1.82) is 0 Å². The highest BCUT2D eigenvalue weighted by Crippen LogP contribution is 2.43. The highest BCUT2D eigenvalue weighted by atomic mass is 32.1.